The maximum atomic E-state index is 11.3. The lowest BCUT2D eigenvalue weighted by Crippen LogP contribution is -2.13. The second-order valence-corrected chi connectivity index (χ2v) is 3.65. The van der Waals surface area contributed by atoms with Gasteiger partial charge in [0.05, 0.1) is 13.7 Å². The van der Waals surface area contributed by atoms with Crippen molar-refractivity contribution in [1.82, 2.24) is 0 Å². The van der Waals surface area contributed by atoms with Gasteiger partial charge < -0.3 is 19.3 Å². The van der Waals surface area contributed by atoms with E-state index in [9.17, 15) is 14.7 Å². The Balaban J connectivity index is 2.48. The lowest BCUT2D eigenvalue weighted by atomic mass is 10.2. The van der Waals surface area contributed by atoms with Gasteiger partial charge in [0.2, 0.25) is 0 Å². The van der Waals surface area contributed by atoms with Gasteiger partial charge in [0.25, 0.3) is 0 Å². The highest BCUT2D eigenvalue weighted by molar-refractivity contribution is 5.91. The fourth-order valence-electron chi connectivity index (χ4n) is 1.36. The molecule has 0 amide bonds. The van der Waals surface area contributed by atoms with Crippen molar-refractivity contribution >= 4 is 11.9 Å². The van der Waals surface area contributed by atoms with E-state index in [1.54, 1.807) is 19.1 Å². The molecule has 0 aliphatic heterocycles. The van der Waals surface area contributed by atoms with Crippen molar-refractivity contribution in [2.45, 2.75) is 20.0 Å². The van der Waals surface area contributed by atoms with E-state index in [0.717, 1.165) is 0 Å². The Morgan fingerprint density at radius 1 is 1.21 bits per heavy atom. The number of hydrogen-bond acceptors (Lipinski definition) is 6. The third kappa shape index (κ3) is 4.87. The van der Waals surface area contributed by atoms with Crippen LogP contribution < -0.4 is 4.74 Å². The van der Waals surface area contributed by atoms with E-state index in [0.29, 0.717) is 11.3 Å². The first-order valence-electron chi connectivity index (χ1n) is 5.74. The van der Waals surface area contributed by atoms with Crippen molar-refractivity contribution in [2.24, 2.45) is 0 Å². The van der Waals surface area contributed by atoms with Crippen molar-refractivity contribution in [2.75, 3.05) is 13.7 Å². The predicted molar refractivity (Wildman–Crippen MR) is 65.7 cm³/mol. The number of benzene rings is 1. The minimum Gasteiger partial charge on any atom is -0.504 e. The maximum absolute atomic E-state index is 11.3. The average Bonchev–Trinajstić information content (AvgIpc) is 2.38. The molecule has 0 radical (unpaired) electrons. The van der Waals surface area contributed by atoms with Crippen molar-refractivity contribution in [3.8, 4) is 11.5 Å². The third-order valence-corrected chi connectivity index (χ3v) is 2.24. The number of phenolic OH excluding ortho intramolecular Hbond substituents is 1. The van der Waals surface area contributed by atoms with Gasteiger partial charge in [-0.1, -0.05) is 6.07 Å². The minimum absolute atomic E-state index is 0.00380. The lowest BCUT2D eigenvalue weighted by Gasteiger charge is -2.07. The Bertz CT molecular complexity index is 454. The number of aromatic hydroxyl groups is 1. The van der Waals surface area contributed by atoms with Crippen LogP contribution >= 0.6 is 0 Å². The summed E-state index contributed by atoms with van der Waals surface area (Å²) in [5, 5.41) is 9.40. The highest BCUT2D eigenvalue weighted by Crippen LogP contribution is 2.26. The summed E-state index contributed by atoms with van der Waals surface area (Å²) in [7, 11) is 1.42. The molecular formula is C13H16O6. The van der Waals surface area contributed by atoms with E-state index < -0.39 is 18.4 Å². The fraction of sp³-hybridized carbons (Fsp3) is 0.385. The largest absolute Gasteiger partial charge is 0.504 e. The molecule has 0 heterocycles. The highest BCUT2D eigenvalue weighted by Gasteiger charge is 2.12. The van der Waals surface area contributed by atoms with E-state index >= 15 is 0 Å². The van der Waals surface area contributed by atoms with Crippen LogP contribution in [0.2, 0.25) is 0 Å². The number of carbonyl (C=O) groups excluding carboxylic acids is 2. The first kappa shape index (κ1) is 14.8. The molecule has 1 aromatic carbocycles. The summed E-state index contributed by atoms with van der Waals surface area (Å²) in [6.45, 7) is 1.88. The molecule has 0 spiro atoms. The number of ether oxygens (including phenoxy) is 3. The molecule has 0 saturated carbocycles. The number of rotatable bonds is 6. The second-order valence-electron chi connectivity index (χ2n) is 3.65. The first-order valence-corrected chi connectivity index (χ1v) is 5.74. The molecule has 1 aromatic rings. The average molecular weight is 268 g/mol. The Kier molecular flexibility index (Phi) is 5.66. The SMILES string of the molecule is CCOC(=O)CC(=O)OCc1ccc(O)c(OC)c1. The Morgan fingerprint density at radius 3 is 2.53 bits per heavy atom. The number of esters is 2. The summed E-state index contributed by atoms with van der Waals surface area (Å²) in [6.07, 6.45) is -0.414. The van der Waals surface area contributed by atoms with Gasteiger partial charge in [-0.2, -0.15) is 0 Å². The Hall–Kier alpha value is -2.24. The van der Waals surface area contributed by atoms with E-state index in [1.165, 1.54) is 13.2 Å². The van der Waals surface area contributed by atoms with Crippen LogP contribution in [0.1, 0.15) is 18.9 Å². The van der Waals surface area contributed by atoms with E-state index in [1.807, 2.05) is 0 Å². The van der Waals surface area contributed by atoms with E-state index in [-0.39, 0.29) is 19.0 Å². The van der Waals surface area contributed by atoms with Crippen LogP contribution in [-0.2, 0) is 25.7 Å². The summed E-state index contributed by atoms with van der Waals surface area (Å²) in [5.41, 5.74) is 0.645. The normalized spacial score (nSPS) is 9.79. The zero-order chi connectivity index (χ0) is 14.3. The van der Waals surface area contributed by atoms with Crippen LogP contribution in [0, 0.1) is 0 Å². The van der Waals surface area contributed by atoms with Gasteiger partial charge >= 0.3 is 11.9 Å². The summed E-state index contributed by atoms with van der Waals surface area (Å²) in [4.78, 5) is 22.4. The molecule has 19 heavy (non-hydrogen) atoms. The zero-order valence-corrected chi connectivity index (χ0v) is 10.8. The maximum Gasteiger partial charge on any atom is 0.317 e. The molecule has 6 nitrogen and oxygen atoms in total. The van der Waals surface area contributed by atoms with Crippen molar-refractivity contribution in [1.29, 1.82) is 0 Å². The molecule has 1 rings (SSSR count). The monoisotopic (exact) mass is 268 g/mol. The van der Waals surface area contributed by atoms with Gasteiger partial charge in [0.15, 0.2) is 11.5 Å². The molecular weight excluding hydrogens is 252 g/mol. The van der Waals surface area contributed by atoms with Crippen molar-refractivity contribution < 1.29 is 28.9 Å². The van der Waals surface area contributed by atoms with Crippen LogP contribution in [-0.4, -0.2) is 30.8 Å². The molecule has 1 N–H and O–H groups in total. The molecule has 0 aromatic heterocycles. The van der Waals surface area contributed by atoms with Crippen molar-refractivity contribution in [3.05, 3.63) is 23.8 Å². The van der Waals surface area contributed by atoms with E-state index in [2.05, 4.69) is 4.74 Å². The van der Waals surface area contributed by atoms with Crippen LogP contribution in [0.4, 0.5) is 0 Å². The molecule has 0 unspecified atom stereocenters. The molecule has 0 bridgehead atoms. The van der Waals surface area contributed by atoms with E-state index in [4.69, 9.17) is 9.47 Å². The molecule has 0 aliphatic carbocycles. The number of phenols is 1. The van der Waals surface area contributed by atoms with Crippen molar-refractivity contribution in [3.63, 3.8) is 0 Å². The molecule has 0 aliphatic rings. The summed E-state index contributed by atoms with van der Waals surface area (Å²) in [5.74, 6) is -0.982. The van der Waals surface area contributed by atoms with Crippen LogP contribution in [0.25, 0.3) is 0 Å². The smallest absolute Gasteiger partial charge is 0.317 e. The summed E-state index contributed by atoms with van der Waals surface area (Å²) >= 11 is 0. The van der Waals surface area contributed by atoms with Gasteiger partial charge in [0.1, 0.15) is 13.0 Å². The van der Waals surface area contributed by atoms with Crippen LogP contribution in [0.5, 0.6) is 11.5 Å². The fourth-order valence-corrected chi connectivity index (χ4v) is 1.36. The predicted octanol–water partition coefficient (Wildman–Crippen LogP) is 1.40. The van der Waals surface area contributed by atoms with Gasteiger partial charge in [0, 0.05) is 0 Å². The second kappa shape index (κ2) is 7.25. The van der Waals surface area contributed by atoms with Crippen LogP contribution in [0.15, 0.2) is 18.2 Å². The minimum atomic E-state index is -0.662. The molecule has 0 fully saturated rings. The molecule has 104 valence electrons. The topological polar surface area (TPSA) is 82.1 Å². The quantitative estimate of drug-likeness (QED) is 0.620. The number of hydrogen-bond donors (Lipinski definition) is 1. The standard InChI is InChI=1S/C13H16O6/c1-3-18-12(15)7-13(16)19-8-9-4-5-10(14)11(6-9)17-2/h4-6,14H,3,7-8H2,1-2H3. The molecule has 0 saturated heterocycles. The third-order valence-electron chi connectivity index (χ3n) is 2.24. The first-order chi connectivity index (χ1) is 9.06. The zero-order valence-electron chi connectivity index (χ0n) is 10.8. The molecule has 6 heteroatoms. The Morgan fingerprint density at radius 2 is 1.89 bits per heavy atom. The number of methoxy groups -OCH3 is 1. The number of carbonyl (C=O) groups is 2. The highest BCUT2D eigenvalue weighted by atomic mass is 16.6. The summed E-state index contributed by atoms with van der Waals surface area (Å²) < 4.78 is 14.5. The van der Waals surface area contributed by atoms with Gasteiger partial charge in [-0.15, -0.1) is 0 Å². The lowest BCUT2D eigenvalue weighted by molar-refractivity contribution is -0.155. The van der Waals surface area contributed by atoms with Crippen LogP contribution in [0.3, 0.4) is 0 Å². The molecule has 0 atom stereocenters. The Labute approximate surface area is 110 Å². The summed E-state index contributed by atoms with van der Waals surface area (Å²) in [6, 6.07) is 4.58. The van der Waals surface area contributed by atoms with Gasteiger partial charge in [-0.25, -0.2) is 0 Å². The van der Waals surface area contributed by atoms with Gasteiger partial charge in [-0.05, 0) is 24.6 Å². The van der Waals surface area contributed by atoms with Gasteiger partial charge in [-0.3, -0.25) is 9.59 Å².